The molecule has 0 fully saturated rings. The highest BCUT2D eigenvalue weighted by Crippen LogP contribution is 2.36. The first-order valence-corrected chi connectivity index (χ1v) is 11.3. The van der Waals surface area contributed by atoms with Crippen molar-refractivity contribution in [2.24, 2.45) is 0 Å². The second-order valence-electron chi connectivity index (χ2n) is 7.63. The molecule has 0 atom stereocenters. The third kappa shape index (κ3) is 3.04. The third-order valence-electron chi connectivity index (χ3n) is 5.72. The molecule has 0 aliphatic rings. The standard InChI is InChI=1S/C28H18S2/c29-28-17-22-16-24(11-12-25(22)26-7-3-4-8-27(26)28)30-23-10-9-20-13-18-5-1-2-6-19(18)14-21(20)15-23/h1-17,29H. The van der Waals surface area contributed by atoms with Gasteiger partial charge in [0.15, 0.2) is 0 Å². The highest BCUT2D eigenvalue weighted by atomic mass is 32.2. The maximum absolute atomic E-state index is 4.72. The molecule has 142 valence electrons. The number of benzene rings is 6. The van der Waals surface area contributed by atoms with Crippen LogP contribution in [0.4, 0.5) is 0 Å². The monoisotopic (exact) mass is 418 g/mol. The fraction of sp³-hybridized carbons (Fsp3) is 0. The van der Waals surface area contributed by atoms with E-state index < -0.39 is 0 Å². The lowest BCUT2D eigenvalue weighted by Crippen LogP contribution is -1.82. The van der Waals surface area contributed by atoms with Crippen molar-refractivity contribution in [1.29, 1.82) is 0 Å². The van der Waals surface area contributed by atoms with Gasteiger partial charge in [-0.25, -0.2) is 0 Å². The molecule has 0 saturated heterocycles. The molecule has 0 bridgehead atoms. The van der Waals surface area contributed by atoms with Gasteiger partial charge in [0, 0.05) is 14.7 Å². The molecule has 0 nitrogen and oxygen atoms in total. The molecule has 6 rings (SSSR count). The summed E-state index contributed by atoms with van der Waals surface area (Å²) in [5, 5.41) is 10.1. The zero-order chi connectivity index (χ0) is 20.1. The Hall–Kier alpha value is -2.94. The smallest absolute Gasteiger partial charge is 0.0128 e. The fourth-order valence-corrected chi connectivity index (χ4v) is 5.50. The van der Waals surface area contributed by atoms with E-state index in [-0.39, 0.29) is 0 Å². The number of fused-ring (bicyclic) bond motifs is 5. The van der Waals surface area contributed by atoms with Gasteiger partial charge >= 0.3 is 0 Å². The summed E-state index contributed by atoms with van der Waals surface area (Å²) >= 11 is 6.53. The first-order chi connectivity index (χ1) is 14.7. The van der Waals surface area contributed by atoms with Crippen LogP contribution < -0.4 is 0 Å². The highest BCUT2D eigenvalue weighted by Gasteiger charge is 2.07. The zero-order valence-corrected chi connectivity index (χ0v) is 17.9. The Bertz CT molecular complexity index is 1580. The molecule has 0 saturated carbocycles. The molecule has 0 aliphatic carbocycles. The number of thiol groups is 1. The minimum atomic E-state index is 1.03. The predicted molar refractivity (Wildman–Crippen MR) is 134 cm³/mol. The van der Waals surface area contributed by atoms with Gasteiger partial charge in [-0.05, 0) is 85.6 Å². The number of hydrogen-bond donors (Lipinski definition) is 1. The van der Waals surface area contributed by atoms with E-state index in [0.717, 1.165) is 4.90 Å². The van der Waals surface area contributed by atoms with E-state index in [2.05, 4.69) is 103 Å². The average Bonchev–Trinajstić information content (AvgIpc) is 2.78. The summed E-state index contributed by atoms with van der Waals surface area (Å²) in [5.41, 5.74) is 0. The van der Waals surface area contributed by atoms with Gasteiger partial charge in [0.1, 0.15) is 0 Å². The third-order valence-corrected chi connectivity index (χ3v) is 7.07. The van der Waals surface area contributed by atoms with E-state index in [9.17, 15) is 0 Å². The van der Waals surface area contributed by atoms with Crippen LogP contribution in [-0.2, 0) is 0 Å². The first kappa shape index (κ1) is 17.9. The topological polar surface area (TPSA) is 0 Å². The second kappa shape index (κ2) is 7.09. The molecule has 30 heavy (non-hydrogen) atoms. The molecule has 0 aliphatic heterocycles. The summed E-state index contributed by atoms with van der Waals surface area (Å²) in [6.45, 7) is 0. The Balaban J connectivity index is 1.42. The fourth-order valence-electron chi connectivity index (χ4n) is 4.25. The van der Waals surface area contributed by atoms with E-state index in [1.54, 1.807) is 0 Å². The molecule has 0 aromatic heterocycles. The van der Waals surface area contributed by atoms with E-state index in [4.69, 9.17) is 12.6 Å². The van der Waals surface area contributed by atoms with Crippen LogP contribution in [0.1, 0.15) is 0 Å². The van der Waals surface area contributed by atoms with Crippen molar-refractivity contribution in [3.8, 4) is 0 Å². The summed E-state index contributed by atoms with van der Waals surface area (Å²) in [7, 11) is 0. The van der Waals surface area contributed by atoms with Crippen LogP contribution in [0.5, 0.6) is 0 Å². The van der Waals surface area contributed by atoms with Crippen LogP contribution in [-0.4, -0.2) is 0 Å². The maximum atomic E-state index is 4.72. The van der Waals surface area contributed by atoms with Crippen LogP contribution in [0, 0.1) is 0 Å². The highest BCUT2D eigenvalue weighted by molar-refractivity contribution is 7.99. The minimum absolute atomic E-state index is 1.03. The van der Waals surface area contributed by atoms with Crippen molar-refractivity contribution in [2.45, 2.75) is 14.7 Å². The Morgan fingerprint density at radius 2 is 1.03 bits per heavy atom. The molecule has 0 spiro atoms. The normalized spacial score (nSPS) is 11.6. The van der Waals surface area contributed by atoms with E-state index in [1.165, 1.54) is 52.9 Å². The summed E-state index contributed by atoms with van der Waals surface area (Å²) in [6, 6.07) is 37.2. The summed E-state index contributed by atoms with van der Waals surface area (Å²) in [6.07, 6.45) is 0. The van der Waals surface area contributed by atoms with Crippen LogP contribution in [0.15, 0.2) is 118 Å². The van der Waals surface area contributed by atoms with E-state index in [0.29, 0.717) is 0 Å². The predicted octanol–water partition coefficient (Wildman–Crippen LogP) is 8.74. The van der Waals surface area contributed by atoms with Crippen LogP contribution in [0.25, 0.3) is 43.1 Å². The van der Waals surface area contributed by atoms with Crippen molar-refractivity contribution in [3.05, 3.63) is 103 Å². The van der Waals surface area contributed by atoms with Crippen molar-refractivity contribution in [2.75, 3.05) is 0 Å². The van der Waals surface area contributed by atoms with Gasteiger partial charge in [-0.3, -0.25) is 0 Å². The molecule has 0 N–H and O–H groups in total. The zero-order valence-electron chi connectivity index (χ0n) is 16.2. The Labute approximate surface area is 184 Å². The molecule has 2 heteroatoms. The molecule has 0 unspecified atom stereocenters. The van der Waals surface area contributed by atoms with Crippen molar-refractivity contribution in [1.82, 2.24) is 0 Å². The summed E-state index contributed by atoms with van der Waals surface area (Å²) in [4.78, 5) is 3.52. The van der Waals surface area contributed by atoms with Gasteiger partial charge < -0.3 is 0 Å². The lowest BCUT2D eigenvalue weighted by atomic mass is 10.0. The summed E-state index contributed by atoms with van der Waals surface area (Å²) in [5.74, 6) is 0. The lowest BCUT2D eigenvalue weighted by Gasteiger charge is -2.10. The van der Waals surface area contributed by atoms with E-state index in [1.807, 2.05) is 11.8 Å². The molecule has 6 aromatic carbocycles. The van der Waals surface area contributed by atoms with Gasteiger partial charge in [-0.1, -0.05) is 72.4 Å². The van der Waals surface area contributed by atoms with Crippen LogP contribution >= 0.6 is 24.4 Å². The van der Waals surface area contributed by atoms with Gasteiger partial charge in [0.05, 0.1) is 0 Å². The van der Waals surface area contributed by atoms with Crippen molar-refractivity contribution in [3.63, 3.8) is 0 Å². The van der Waals surface area contributed by atoms with Gasteiger partial charge in [-0.2, -0.15) is 0 Å². The summed E-state index contributed by atoms with van der Waals surface area (Å²) < 4.78 is 0. The number of hydrogen-bond acceptors (Lipinski definition) is 2. The number of rotatable bonds is 2. The Morgan fingerprint density at radius 3 is 1.83 bits per heavy atom. The van der Waals surface area contributed by atoms with Crippen molar-refractivity contribution >= 4 is 67.5 Å². The maximum Gasteiger partial charge on any atom is 0.0128 e. The minimum Gasteiger partial charge on any atom is -0.143 e. The lowest BCUT2D eigenvalue weighted by molar-refractivity contribution is 1.44. The van der Waals surface area contributed by atoms with Gasteiger partial charge in [-0.15, -0.1) is 12.6 Å². The molecular formula is C28H18S2. The van der Waals surface area contributed by atoms with E-state index >= 15 is 0 Å². The van der Waals surface area contributed by atoms with Gasteiger partial charge in [0.25, 0.3) is 0 Å². The largest absolute Gasteiger partial charge is 0.143 e. The van der Waals surface area contributed by atoms with Crippen LogP contribution in [0.3, 0.4) is 0 Å². The Kier molecular flexibility index (Phi) is 4.22. The molecule has 0 heterocycles. The SMILES string of the molecule is Sc1cc2cc(Sc3ccc4cc5ccccc5cc4c3)ccc2c2ccccc12. The first-order valence-electron chi connectivity index (χ1n) is 9.99. The molecular weight excluding hydrogens is 400 g/mol. The Morgan fingerprint density at radius 1 is 0.433 bits per heavy atom. The second-order valence-corrected chi connectivity index (χ2v) is 9.26. The van der Waals surface area contributed by atoms with Crippen LogP contribution in [0.2, 0.25) is 0 Å². The molecule has 0 radical (unpaired) electrons. The van der Waals surface area contributed by atoms with Crippen molar-refractivity contribution < 1.29 is 0 Å². The average molecular weight is 419 g/mol. The quantitative estimate of drug-likeness (QED) is 0.167. The molecule has 6 aromatic rings. The molecule has 0 amide bonds. The van der Waals surface area contributed by atoms with Gasteiger partial charge in [0.2, 0.25) is 0 Å².